The molecule has 0 spiro atoms. The fourth-order valence-electron chi connectivity index (χ4n) is 1.65. The first-order valence-corrected chi connectivity index (χ1v) is 7.96. The first-order valence-electron chi connectivity index (χ1n) is 6.23. The van der Waals surface area contributed by atoms with Gasteiger partial charge in [0.2, 0.25) is 0 Å². The lowest BCUT2D eigenvalue weighted by Gasteiger charge is -2.09. The van der Waals surface area contributed by atoms with E-state index in [1.165, 1.54) is 10.2 Å². The zero-order chi connectivity index (χ0) is 13.7. The van der Waals surface area contributed by atoms with Crippen LogP contribution < -0.4 is 10.9 Å². The highest BCUT2D eigenvalue weighted by atomic mass is 79.9. The number of rotatable bonds is 6. The van der Waals surface area contributed by atoms with E-state index in [1.807, 2.05) is 5.38 Å². The third kappa shape index (κ3) is 3.67. The molecular weight excluding hydrogens is 326 g/mol. The molecule has 4 nitrogen and oxygen atoms in total. The molecule has 0 atom stereocenters. The highest BCUT2D eigenvalue weighted by Gasteiger charge is 2.08. The standard InChI is InChI=1S/C13H16BrN3OS/c1-2-3-5-17-13(18)12(14)11(8-16-17)15-7-10-4-6-19-9-10/h4,6,8-9,15H,2-3,5,7H2,1H3. The zero-order valence-electron chi connectivity index (χ0n) is 10.7. The van der Waals surface area contributed by atoms with Crippen molar-refractivity contribution in [2.75, 3.05) is 5.32 Å². The van der Waals surface area contributed by atoms with Crippen molar-refractivity contribution in [2.45, 2.75) is 32.9 Å². The molecule has 0 aliphatic heterocycles. The van der Waals surface area contributed by atoms with Crippen LogP contribution in [0.5, 0.6) is 0 Å². The van der Waals surface area contributed by atoms with Crippen molar-refractivity contribution in [3.8, 4) is 0 Å². The number of nitrogens with one attached hydrogen (secondary N) is 1. The number of aromatic nitrogens is 2. The van der Waals surface area contributed by atoms with Crippen molar-refractivity contribution in [3.63, 3.8) is 0 Å². The van der Waals surface area contributed by atoms with Gasteiger partial charge in [0.15, 0.2) is 0 Å². The molecule has 1 N–H and O–H groups in total. The third-order valence-corrected chi connectivity index (χ3v) is 4.27. The van der Waals surface area contributed by atoms with Gasteiger partial charge in [-0.1, -0.05) is 13.3 Å². The lowest BCUT2D eigenvalue weighted by Crippen LogP contribution is -2.24. The summed E-state index contributed by atoms with van der Waals surface area (Å²) in [6.07, 6.45) is 3.71. The van der Waals surface area contributed by atoms with E-state index in [0.29, 0.717) is 17.6 Å². The molecule has 0 bridgehead atoms. The van der Waals surface area contributed by atoms with E-state index in [2.05, 4.69) is 44.7 Å². The zero-order valence-corrected chi connectivity index (χ0v) is 13.1. The van der Waals surface area contributed by atoms with Crippen LogP contribution in [0.2, 0.25) is 0 Å². The second kappa shape index (κ2) is 6.86. The number of unbranched alkanes of at least 4 members (excludes halogenated alkanes) is 1. The summed E-state index contributed by atoms with van der Waals surface area (Å²) in [5, 5.41) is 11.5. The van der Waals surface area contributed by atoms with Gasteiger partial charge in [-0.15, -0.1) is 0 Å². The van der Waals surface area contributed by atoms with Gasteiger partial charge >= 0.3 is 0 Å². The van der Waals surface area contributed by atoms with Crippen LogP contribution in [0.4, 0.5) is 5.69 Å². The van der Waals surface area contributed by atoms with E-state index in [1.54, 1.807) is 17.5 Å². The molecule has 6 heteroatoms. The van der Waals surface area contributed by atoms with Gasteiger partial charge in [-0.05, 0) is 44.7 Å². The Morgan fingerprint density at radius 2 is 2.37 bits per heavy atom. The fourth-order valence-corrected chi connectivity index (χ4v) is 2.76. The summed E-state index contributed by atoms with van der Waals surface area (Å²) >= 11 is 5.01. The second-order valence-electron chi connectivity index (χ2n) is 4.24. The molecule has 0 aliphatic carbocycles. The Morgan fingerprint density at radius 3 is 3.05 bits per heavy atom. The van der Waals surface area contributed by atoms with E-state index in [0.717, 1.165) is 18.5 Å². The van der Waals surface area contributed by atoms with Crippen LogP contribution >= 0.6 is 27.3 Å². The minimum Gasteiger partial charge on any atom is -0.379 e. The molecule has 0 saturated carbocycles. The maximum Gasteiger partial charge on any atom is 0.283 e. The summed E-state index contributed by atoms with van der Waals surface area (Å²) < 4.78 is 2.05. The Hall–Kier alpha value is -1.14. The first-order chi connectivity index (χ1) is 9.22. The SMILES string of the molecule is CCCCn1ncc(NCc2ccsc2)c(Br)c1=O. The summed E-state index contributed by atoms with van der Waals surface area (Å²) in [5.74, 6) is 0. The molecule has 0 unspecified atom stereocenters. The molecule has 19 heavy (non-hydrogen) atoms. The molecule has 2 rings (SSSR count). The Labute approximate surface area is 124 Å². The van der Waals surface area contributed by atoms with Crippen LogP contribution in [0.1, 0.15) is 25.3 Å². The van der Waals surface area contributed by atoms with E-state index >= 15 is 0 Å². The smallest absolute Gasteiger partial charge is 0.283 e. The summed E-state index contributed by atoms with van der Waals surface area (Å²) in [4.78, 5) is 12.1. The van der Waals surface area contributed by atoms with Gasteiger partial charge in [-0.25, -0.2) is 4.68 Å². The van der Waals surface area contributed by atoms with Gasteiger partial charge in [0.05, 0.1) is 11.9 Å². The topological polar surface area (TPSA) is 46.9 Å². The number of thiophene rings is 1. The van der Waals surface area contributed by atoms with Crippen LogP contribution in [0.25, 0.3) is 0 Å². The van der Waals surface area contributed by atoms with Crippen LogP contribution in [0, 0.1) is 0 Å². The Kier molecular flexibility index (Phi) is 5.15. The van der Waals surface area contributed by atoms with Gasteiger partial charge in [0, 0.05) is 13.1 Å². The minimum atomic E-state index is -0.0798. The van der Waals surface area contributed by atoms with Crippen molar-refractivity contribution in [1.82, 2.24) is 9.78 Å². The number of hydrogen-bond donors (Lipinski definition) is 1. The van der Waals surface area contributed by atoms with Crippen LogP contribution in [-0.2, 0) is 13.1 Å². The number of anilines is 1. The van der Waals surface area contributed by atoms with Crippen molar-refractivity contribution in [1.29, 1.82) is 0 Å². The molecule has 0 aliphatic rings. The monoisotopic (exact) mass is 341 g/mol. The first kappa shape index (κ1) is 14.3. The van der Waals surface area contributed by atoms with Crippen molar-refractivity contribution >= 4 is 33.0 Å². The second-order valence-corrected chi connectivity index (χ2v) is 5.81. The number of halogens is 1. The summed E-state index contributed by atoms with van der Waals surface area (Å²) in [7, 11) is 0. The molecule has 102 valence electrons. The van der Waals surface area contributed by atoms with Crippen LogP contribution in [-0.4, -0.2) is 9.78 Å². The summed E-state index contributed by atoms with van der Waals surface area (Å²) in [6.45, 7) is 3.46. The molecule has 0 aromatic carbocycles. The van der Waals surface area contributed by atoms with E-state index in [9.17, 15) is 4.79 Å². The Balaban J connectivity index is 2.09. The predicted molar refractivity (Wildman–Crippen MR) is 82.8 cm³/mol. The largest absolute Gasteiger partial charge is 0.379 e. The average Bonchev–Trinajstić information content (AvgIpc) is 2.92. The molecule has 2 aromatic rings. The Bertz CT molecular complexity index is 580. The average molecular weight is 342 g/mol. The normalized spacial score (nSPS) is 10.6. The van der Waals surface area contributed by atoms with Crippen molar-refractivity contribution in [2.24, 2.45) is 0 Å². The summed E-state index contributed by atoms with van der Waals surface area (Å²) in [5.41, 5.74) is 1.86. The molecule has 0 radical (unpaired) electrons. The quantitative estimate of drug-likeness (QED) is 0.874. The highest BCUT2D eigenvalue weighted by Crippen LogP contribution is 2.18. The summed E-state index contributed by atoms with van der Waals surface area (Å²) in [6, 6.07) is 2.06. The lowest BCUT2D eigenvalue weighted by atomic mass is 10.3. The molecule has 0 amide bonds. The highest BCUT2D eigenvalue weighted by molar-refractivity contribution is 9.10. The van der Waals surface area contributed by atoms with E-state index < -0.39 is 0 Å². The number of hydrogen-bond acceptors (Lipinski definition) is 4. The minimum absolute atomic E-state index is 0.0798. The van der Waals surface area contributed by atoms with Gasteiger partial charge in [0.25, 0.3) is 5.56 Å². The number of nitrogens with zero attached hydrogens (tertiary/aromatic N) is 2. The van der Waals surface area contributed by atoms with Crippen molar-refractivity contribution in [3.05, 3.63) is 43.4 Å². The molecule has 0 saturated heterocycles. The lowest BCUT2D eigenvalue weighted by molar-refractivity contribution is 0.541. The third-order valence-electron chi connectivity index (χ3n) is 2.77. The van der Waals surface area contributed by atoms with Crippen LogP contribution in [0.15, 0.2) is 32.3 Å². The van der Waals surface area contributed by atoms with Gasteiger partial charge < -0.3 is 5.32 Å². The van der Waals surface area contributed by atoms with Gasteiger partial charge in [0.1, 0.15) is 4.47 Å². The van der Waals surface area contributed by atoms with E-state index in [-0.39, 0.29) is 5.56 Å². The fraction of sp³-hybridized carbons (Fsp3) is 0.385. The molecular formula is C13H16BrN3OS. The molecule has 2 aromatic heterocycles. The maximum absolute atomic E-state index is 12.1. The number of aryl methyl sites for hydroxylation is 1. The Morgan fingerprint density at radius 1 is 1.53 bits per heavy atom. The maximum atomic E-state index is 12.1. The molecule has 2 heterocycles. The van der Waals surface area contributed by atoms with Gasteiger partial charge in [-0.3, -0.25) is 4.79 Å². The molecule has 0 fully saturated rings. The van der Waals surface area contributed by atoms with Crippen molar-refractivity contribution < 1.29 is 0 Å². The predicted octanol–water partition coefficient (Wildman–Crippen LogP) is 3.48. The van der Waals surface area contributed by atoms with Gasteiger partial charge in [-0.2, -0.15) is 16.4 Å². The van der Waals surface area contributed by atoms with Crippen LogP contribution in [0.3, 0.4) is 0 Å². The van der Waals surface area contributed by atoms with E-state index in [4.69, 9.17) is 0 Å².